The number of Topliss-reactive ketones (excluding diaryl/α,β-unsaturated/α-hetero) is 1. The number of nitrogens with zero attached hydrogens (tertiary/aromatic N) is 1. The maximum Gasteiger partial charge on any atom is 0.437 e. The molecule has 0 radical (unpaired) electrons. The van der Waals surface area contributed by atoms with Crippen molar-refractivity contribution in [2.75, 3.05) is 7.11 Å². The Morgan fingerprint density at radius 3 is 2.09 bits per heavy atom. The number of hydrogen-bond donors (Lipinski definition) is 0. The summed E-state index contributed by atoms with van der Waals surface area (Å²) in [6, 6.07) is 12.9. The highest BCUT2D eigenvalue weighted by atomic mass is 19.4. The van der Waals surface area contributed by atoms with Crippen LogP contribution in [-0.2, 0) is 0 Å². The summed E-state index contributed by atoms with van der Waals surface area (Å²) in [5, 5.41) is 0. The quantitative estimate of drug-likeness (QED) is 0.627. The molecule has 2 rings (SSSR count). The minimum atomic E-state index is -4.84. The van der Waals surface area contributed by atoms with E-state index in [4.69, 9.17) is 4.74 Å². The molecule has 0 atom stereocenters. The van der Waals surface area contributed by atoms with E-state index in [2.05, 4.69) is 4.99 Å². The third kappa shape index (κ3) is 3.72. The molecule has 22 heavy (non-hydrogen) atoms. The number of halogens is 3. The smallest absolute Gasteiger partial charge is 0.437 e. The van der Waals surface area contributed by atoms with E-state index in [0.29, 0.717) is 5.75 Å². The van der Waals surface area contributed by atoms with Crippen molar-refractivity contribution < 1.29 is 22.7 Å². The molecule has 6 heteroatoms. The lowest BCUT2D eigenvalue weighted by atomic mass is 10.1. The zero-order valence-electron chi connectivity index (χ0n) is 11.6. The van der Waals surface area contributed by atoms with E-state index in [1.807, 2.05) is 0 Å². The number of ether oxygens (including phenoxy) is 1. The van der Waals surface area contributed by atoms with Crippen molar-refractivity contribution in [1.82, 2.24) is 0 Å². The van der Waals surface area contributed by atoms with Crippen LogP contribution in [0.15, 0.2) is 59.6 Å². The Morgan fingerprint density at radius 1 is 1.00 bits per heavy atom. The summed E-state index contributed by atoms with van der Waals surface area (Å²) in [6.45, 7) is 0. The number of benzene rings is 2. The Balaban J connectivity index is 2.42. The molecule has 0 spiro atoms. The van der Waals surface area contributed by atoms with Gasteiger partial charge in [-0.15, -0.1) is 0 Å². The number of hydrogen-bond acceptors (Lipinski definition) is 3. The van der Waals surface area contributed by atoms with Crippen LogP contribution in [-0.4, -0.2) is 24.8 Å². The van der Waals surface area contributed by atoms with Gasteiger partial charge in [0, 0.05) is 5.56 Å². The van der Waals surface area contributed by atoms with Crippen molar-refractivity contribution in [1.29, 1.82) is 0 Å². The third-order valence-electron chi connectivity index (χ3n) is 2.83. The fourth-order valence-corrected chi connectivity index (χ4v) is 1.75. The molecule has 0 aliphatic heterocycles. The second-order valence-electron chi connectivity index (χ2n) is 4.35. The molecule has 0 N–H and O–H groups in total. The molecule has 0 fully saturated rings. The number of ketones is 1. The first-order valence-electron chi connectivity index (χ1n) is 6.31. The number of rotatable bonds is 4. The standard InChI is InChI=1S/C16H12F3NO2/c1-22-13-9-7-12(8-10-13)20-15(16(17,18)19)14(21)11-5-3-2-4-6-11/h2-10H,1H3. The summed E-state index contributed by atoms with van der Waals surface area (Å²) in [5.74, 6) is -0.675. The van der Waals surface area contributed by atoms with Gasteiger partial charge >= 0.3 is 6.18 Å². The summed E-state index contributed by atoms with van der Waals surface area (Å²) in [4.78, 5) is 15.5. The molecule has 114 valence electrons. The van der Waals surface area contributed by atoms with Gasteiger partial charge in [-0.05, 0) is 24.3 Å². The van der Waals surface area contributed by atoms with Gasteiger partial charge in [0.1, 0.15) is 5.75 Å². The molecule has 2 aromatic rings. The lowest BCUT2D eigenvalue weighted by Crippen LogP contribution is -2.31. The highest BCUT2D eigenvalue weighted by Crippen LogP contribution is 2.25. The highest BCUT2D eigenvalue weighted by Gasteiger charge is 2.41. The number of carbonyl (C=O) groups is 1. The van der Waals surface area contributed by atoms with Crippen molar-refractivity contribution >= 4 is 17.2 Å². The first kappa shape index (κ1) is 15.8. The summed E-state index contributed by atoms with van der Waals surface area (Å²) < 4.78 is 44.3. The number of aliphatic imine (C=N–C) groups is 1. The molecule has 0 aliphatic rings. The van der Waals surface area contributed by atoms with Crippen LogP contribution in [0, 0.1) is 0 Å². The predicted octanol–water partition coefficient (Wildman–Crippen LogP) is 4.21. The number of alkyl halides is 3. The van der Waals surface area contributed by atoms with Crippen molar-refractivity contribution in [3.8, 4) is 5.75 Å². The fourth-order valence-electron chi connectivity index (χ4n) is 1.75. The first-order valence-corrected chi connectivity index (χ1v) is 6.31. The Morgan fingerprint density at radius 2 is 1.59 bits per heavy atom. The van der Waals surface area contributed by atoms with E-state index < -0.39 is 17.7 Å². The zero-order chi connectivity index (χ0) is 16.2. The molecule has 0 aliphatic carbocycles. The lowest BCUT2D eigenvalue weighted by Gasteiger charge is -2.10. The van der Waals surface area contributed by atoms with E-state index in [0.717, 1.165) is 0 Å². The van der Waals surface area contributed by atoms with Gasteiger partial charge < -0.3 is 4.74 Å². The molecule has 0 heterocycles. The molecule has 0 aromatic heterocycles. The molecular formula is C16H12F3NO2. The maximum atomic E-state index is 13.1. The second-order valence-corrected chi connectivity index (χ2v) is 4.35. The lowest BCUT2D eigenvalue weighted by molar-refractivity contribution is -0.0581. The monoisotopic (exact) mass is 307 g/mol. The largest absolute Gasteiger partial charge is 0.497 e. The number of methoxy groups -OCH3 is 1. The van der Waals surface area contributed by atoms with Crippen molar-refractivity contribution in [3.05, 3.63) is 60.2 Å². The Bertz CT molecular complexity index is 677. The first-order chi connectivity index (χ1) is 10.4. The van der Waals surface area contributed by atoms with Crippen LogP contribution in [0.2, 0.25) is 0 Å². The highest BCUT2D eigenvalue weighted by molar-refractivity contribution is 6.48. The van der Waals surface area contributed by atoms with Gasteiger partial charge in [-0.2, -0.15) is 13.2 Å². The van der Waals surface area contributed by atoms with Gasteiger partial charge in [-0.3, -0.25) is 4.79 Å². The Labute approximate surface area is 125 Å². The van der Waals surface area contributed by atoms with Gasteiger partial charge in [-0.25, -0.2) is 4.99 Å². The topological polar surface area (TPSA) is 38.7 Å². The van der Waals surface area contributed by atoms with Crippen LogP contribution in [0.5, 0.6) is 5.75 Å². The summed E-state index contributed by atoms with van der Waals surface area (Å²) >= 11 is 0. The molecule has 0 amide bonds. The Kier molecular flexibility index (Phi) is 4.60. The van der Waals surface area contributed by atoms with Gasteiger partial charge in [0.2, 0.25) is 5.78 Å². The van der Waals surface area contributed by atoms with Crippen LogP contribution in [0.25, 0.3) is 0 Å². The zero-order valence-corrected chi connectivity index (χ0v) is 11.6. The molecule has 2 aromatic carbocycles. The van der Waals surface area contributed by atoms with E-state index in [9.17, 15) is 18.0 Å². The van der Waals surface area contributed by atoms with Crippen molar-refractivity contribution in [2.45, 2.75) is 6.18 Å². The predicted molar refractivity (Wildman–Crippen MR) is 76.9 cm³/mol. The summed E-state index contributed by atoms with van der Waals surface area (Å²) in [5.41, 5.74) is -1.49. The molecular weight excluding hydrogens is 295 g/mol. The second kappa shape index (κ2) is 6.43. The van der Waals surface area contributed by atoms with Crippen LogP contribution in [0.1, 0.15) is 10.4 Å². The van der Waals surface area contributed by atoms with Gasteiger partial charge in [0.15, 0.2) is 5.71 Å². The van der Waals surface area contributed by atoms with Crippen LogP contribution >= 0.6 is 0 Å². The summed E-state index contributed by atoms with van der Waals surface area (Å²) in [7, 11) is 1.44. The summed E-state index contributed by atoms with van der Waals surface area (Å²) in [6.07, 6.45) is -4.84. The van der Waals surface area contributed by atoms with Crippen LogP contribution in [0.4, 0.5) is 18.9 Å². The minimum Gasteiger partial charge on any atom is -0.497 e. The van der Waals surface area contributed by atoms with E-state index in [1.165, 1.54) is 55.6 Å². The molecule has 0 saturated carbocycles. The van der Waals surface area contributed by atoms with E-state index in [-0.39, 0.29) is 11.3 Å². The van der Waals surface area contributed by atoms with E-state index in [1.54, 1.807) is 6.07 Å². The fraction of sp³-hybridized carbons (Fsp3) is 0.125. The van der Waals surface area contributed by atoms with Crippen LogP contribution in [0.3, 0.4) is 0 Å². The average molecular weight is 307 g/mol. The molecule has 0 saturated heterocycles. The normalized spacial score (nSPS) is 12.1. The van der Waals surface area contributed by atoms with Crippen LogP contribution < -0.4 is 4.74 Å². The van der Waals surface area contributed by atoms with Gasteiger partial charge in [0.25, 0.3) is 0 Å². The van der Waals surface area contributed by atoms with Gasteiger partial charge in [-0.1, -0.05) is 30.3 Å². The van der Waals surface area contributed by atoms with Gasteiger partial charge in [0.05, 0.1) is 12.8 Å². The van der Waals surface area contributed by atoms with Crippen molar-refractivity contribution in [2.24, 2.45) is 4.99 Å². The van der Waals surface area contributed by atoms with Crippen molar-refractivity contribution in [3.63, 3.8) is 0 Å². The molecule has 0 unspecified atom stereocenters. The third-order valence-corrected chi connectivity index (χ3v) is 2.83. The Hall–Kier alpha value is -2.63. The van der Waals surface area contributed by atoms with E-state index >= 15 is 0 Å². The maximum absolute atomic E-state index is 13.1. The number of carbonyl (C=O) groups excluding carboxylic acids is 1. The minimum absolute atomic E-state index is 0.0254. The molecule has 3 nitrogen and oxygen atoms in total. The molecule has 0 bridgehead atoms. The average Bonchev–Trinajstić information content (AvgIpc) is 2.52. The SMILES string of the molecule is COc1ccc(N=C(C(=O)c2ccccc2)C(F)(F)F)cc1.